The molecule has 0 spiro atoms. The van der Waals surface area contributed by atoms with Crippen LogP contribution in [0.4, 0.5) is 13.2 Å². The lowest BCUT2D eigenvalue weighted by Gasteiger charge is -2.20. The molecule has 0 bridgehead atoms. The maximum atomic E-state index is 12.3. The Balaban J connectivity index is 3.19. The van der Waals surface area contributed by atoms with Gasteiger partial charge in [0, 0.05) is 0 Å². The van der Waals surface area contributed by atoms with E-state index in [0.29, 0.717) is 0 Å². The van der Waals surface area contributed by atoms with Crippen molar-refractivity contribution in [3.8, 4) is 0 Å². The molecule has 1 rings (SSSR count). The summed E-state index contributed by atoms with van der Waals surface area (Å²) in [4.78, 5) is 10.9. The third-order valence-electron chi connectivity index (χ3n) is 2.72. The summed E-state index contributed by atoms with van der Waals surface area (Å²) in [7, 11) is -5.93. The summed E-state index contributed by atoms with van der Waals surface area (Å²) in [5, 5.41) is 8.86. The SMILES string of the molecule is CC(C)C1OC(C(=O)O)=C(OS(=O)(=O)C(F)(F)F)C1C. The highest BCUT2D eigenvalue weighted by molar-refractivity contribution is 7.87. The van der Waals surface area contributed by atoms with Crippen molar-refractivity contribution in [3.63, 3.8) is 0 Å². The third-order valence-corrected chi connectivity index (χ3v) is 3.68. The molecule has 2 unspecified atom stereocenters. The second-order valence-electron chi connectivity index (χ2n) is 4.60. The van der Waals surface area contributed by atoms with Crippen molar-refractivity contribution in [3.05, 3.63) is 11.5 Å². The lowest BCUT2D eigenvalue weighted by molar-refractivity contribution is -0.137. The molecule has 1 aliphatic rings. The summed E-state index contributed by atoms with van der Waals surface area (Å²) >= 11 is 0. The topological polar surface area (TPSA) is 89.9 Å². The largest absolute Gasteiger partial charge is 0.534 e. The van der Waals surface area contributed by atoms with Crippen molar-refractivity contribution < 1.29 is 40.4 Å². The van der Waals surface area contributed by atoms with E-state index in [1.54, 1.807) is 13.8 Å². The summed E-state index contributed by atoms with van der Waals surface area (Å²) in [5.41, 5.74) is -5.64. The van der Waals surface area contributed by atoms with Gasteiger partial charge in [0.1, 0.15) is 6.10 Å². The second kappa shape index (κ2) is 5.15. The van der Waals surface area contributed by atoms with Crippen molar-refractivity contribution >= 4 is 16.1 Å². The van der Waals surface area contributed by atoms with Gasteiger partial charge in [-0.15, -0.1) is 0 Å². The molecule has 0 saturated carbocycles. The molecule has 0 amide bonds. The second-order valence-corrected chi connectivity index (χ2v) is 6.13. The number of ether oxygens (including phenoxy) is 1. The first-order chi connectivity index (χ1) is 8.88. The van der Waals surface area contributed by atoms with Crippen molar-refractivity contribution in [1.82, 2.24) is 0 Å². The fraction of sp³-hybridized carbons (Fsp3) is 0.700. The van der Waals surface area contributed by atoms with Gasteiger partial charge in [-0.05, 0) is 5.92 Å². The van der Waals surface area contributed by atoms with Crippen LogP contribution in [0, 0.1) is 11.8 Å². The van der Waals surface area contributed by atoms with Crippen LogP contribution >= 0.6 is 0 Å². The molecule has 2 atom stereocenters. The Morgan fingerprint density at radius 2 is 1.90 bits per heavy atom. The normalized spacial score (nSPS) is 23.9. The van der Waals surface area contributed by atoms with Crippen molar-refractivity contribution in [2.24, 2.45) is 11.8 Å². The van der Waals surface area contributed by atoms with E-state index in [0.717, 1.165) is 0 Å². The first-order valence-electron chi connectivity index (χ1n) is 5.53. The number of carboxylic acid groups (broad SMARTS) is 1. The fourth-order valence-electron chi connectivity index (χ4n) is 1.80. The van der Waals surface area contributed by atoms with E-state index in [1.807, 2.05) is 0 Å². The van der Waals surface area contributed by atoms with Gasteiger partial charge >= 0.3 is 21.6 Å². The van der Waals surface area contributed by atoms with Crippen molar-refractivity contribution in [1.29, 1.82) is 0 Å². The van der Waals surface area contributed by atoms with Crippen LogP contribution in [-0.2, 0) is 23.8 Å². The van der Waals surface area contributed by atoms with Gasteiger partial charge in [0.25, 0.3) is 0 Å². The van der Waals surface area contributed by atoms with Crippen LogP contribution in [0.2, 0.25) is 0 Å². The molecular formula is C10H13F3O6S. The molecule has 1 heterocycles. The molecule has 1 aliphatic heterocycles. The van der Waals surface area contributed by atoms with E-state index in [4.69, 9.17) is 9.84 Å². The molecule has 0 aromatic rings. The Kier molecular flexibility index (Phi) is 4.28. The maximum absolute atomic E-state index is 12.3. The van der Waals surface area contributed by atoms with Crippen LogP contribution in [-0.4, -0.2) is 31.1 Å². The van der Waals surface area contributed by atoms with Gasteiger partial charge in [-0.2, -0.15) is 21.6 Å². The summed E-state index contributed by atoms with van der Waals surface area (Å²) < 4.78 is 67.7. The lowest BCUT2D eigenvalue weighted by atomic mass is 9.95. The molecule has 0 radical (unpaired) electrons. The fourth-order valence-corrected chi connectivity index (χ4v) is 2.36. The average molecular weight is 318 g/mol. The highest BCUT2D eigenvalue weighted by Gasteiger charge is 2.52. The van der Waals surface area contributed by atoms with Crippen molar-refractivity contribution in [2.45, 2.75) is 32.4 Å². The molecule has 1 N–H and O–H groups in total. The molecule has 0 fully saturated rings. The molecule has 20 heavy (non-hydrogen) atoms. The Hall–Kier alpha value is -1.45. The Labute approximate surface area is 113 Å². The van der Waals surface area contributed by atoms with Gasteiger partial charge in [0.05, 0.1) is 5.92 Å². The average Bonchev–Trinajstić information content (AvgIpc) is 2.54. The number of carbonyl (C=O) groups is 1. The van der Waals surface area contributed by atoms with Gasteiger partial charge in [-0.25, -0.2) is 4.79 Å². The minimum absolute atomic E-state index is 0.242. The third kappa shape index (κ3) is 3.00. The molecule has 0 aliphatic carbocycles. The van der Waals surface area contributed by atoms with E-state index in [1.165, 1.54) is 6.92 Å². The zero-order valence-electron chi connectivity index (χ0n) is 10.8. The van der Waals surface area contributed by atoms with Crippen LogP contribution in [0.5, 0.6) is 0 Å². The summed E-state index contributed by atoms with van der Waals surface area (Å²) in [6.45, 7) is 4.64. The number of aliphatic carboxylic acids is 1. The lowest BCUT2D eigenvalue weighted by Crippen LogP contribution is -2.28. The van der Waals surface area contributed by atoms with E-state index >= 15 is 0 Å². The predicted molar refractivity (Wildman–Crippen MR) is 59.6 cm³/mol. The number of halogens is 3. The molecule has 0 aromatic heterocycles. The quantitative estimate of drug-likeness (QED) is 0.628. The number of carboxylic acids is 1. The maximum Gasteiger partial charge on any atom is 0.534 e. The molecule has 6 nitrogen and oxygen atoms in total. The molecule has 0 saturated heterocycles. The predicted octanol–water partition coefficient (Wildman–Crippen LogP) is 1.84. The number of alkyl halides is 3. The monoisotopic (exact) mass is 318 g/mol. The van der Waals surface area contributed by atoms with E-state index in [-0.39, 0.29) is 5.92 Å². The van der Waals surface area contributed by atoms with Crippen LogP contribution in [0.15, 0.2) is 11.5 Å². The Bertz CT molecular complexity index is 534. The molecule has 116 valence electrons. The molecular weight excluding hydrogens is 305 g/mol. The van der Waals surface area contributed by atoms with Crippen LogP contribution in [0.1, 0.15) is 20.8 Å². The standard InChI is InChI=1S/C10H13F3O6S/c1-4(2)6-5(3)7(8(18-6)9(14)15)19-20(16,17)10(11,12)13/h4-6H,1-3H3,(H,14,15). The first-order valence-corrected chi connectivity index (χ1v) is 6.94. The van der Waals surface area contributed by atoms with Gasteiger partial charge in [0.15, 0.2) is 5.76 Å². The summed E-state index contributed by atoms with van der Waals surface area (Å²) in [5.74, 6) is -4.61. The van der Waals surface area contributed by atoms with Gasteiger partial charge in [-0.1, -0.05) is 20.8 Å². The van der Waals surface area contributed by atoms with Crippen molar-refractivity contribution in [2.75, 3.05) is 0 Å². The highest BCUT2D eigenvalue weighted by Crippen LogP contribution is 2.38. The van der Waals surface area contributed by atoms with E-state index in [9.17, 15) is 26.4 Å². The van der Waals surface area contributed by atoms with E-state index in [2.05, 4.69) is 4.18 Å². The number of hydrogen-bond donors (Lipinski definition) is 1. The highest BCUT2D eigenvalue weighted by atomic mass is 32.2. The van der Waals surface area contributed by atoms with Crippen LogP contribution < -0.4 is 0 Å². The number of rotatable bonds is 4. The van der Waals surface area contributed by atoms with Crippen LogP contribution in [0.25, 0.3) is 0 Å². The molecule has 10 heteroatoms. The number of hydrogen-bond acceptors (Lipinski definition) is 5. The Morgan fingerprint density at radius 1 is 1.40 bits per heavy atom. The molecule has 0 aromatic carbocycles. The first kappa shape index (κ1) is 16.6. The zero-order chi connectivity index (χ0) is 15.9. The smallest absolute Gasteiger partial charge is 0.480 e. The minimum atomic E-state index is -5.93. The van der Waals surface area contributed by atoms with Gasteiger partial charge < -0.3 is 14.0 Å². The van der Waals surface area contributed by atoms with E-state index < -0.39 is 45.1 Å². The summed E-state index contributed by atoms with van der Waals surface area (Å²) in [6, 6.07) is 0. The van der Waals surface area contributed by atoms with Crippen LogP contribution in [0.3, 0.4) is 0 Å². The Morgan fingerprint density at radius 3 is 2.25 bits per heavy atom. The zero-order valence-corrected chi connectivity index (χ0v) is 11.6. The summed E-state index contributed by atoms with van der Waals surface area (Å²) in [6.07, 6.45) is -0.778. The van der Waals surface area contributed by atoms with Gasteiger partial charge in [0.2, 0.25) is 5.76 Å². The van der Waals surface area contributed by atoms with Gasteiger partial charge in [-0.3, -0.25) is 0 Å². The minimum Gasteiger partial charge on any atom is -0.480 e.